The van der Waals surface area contributed by atoms with Gasteiger partial charge in [-0.1, -0.05) is 30.3 Å². The molecule has 33 heavy (non-hydrogen) atoms. The van der Waals surface area contributed by atoms with Gasteiger partial charge in [-0.25, -0.2) is 8.42 Å². The second-order valence-electron chi connectivity index (χ2n) is 7.64. The molecule has 3 aromatic rings. The summed E-state index contributed by atoms with van der Waals surface area (Å²) in [6.45, 7) is 1.26. The quantitative estimate of drug-likeness (QED) is 0.364. The van der Waals surface area contributed by atoms with Gasteiger partial charge in [-0.05, 0) is 43.2 Å². The van der Waals surface area contributed by atoms with Gasteiger partial charge in [-0.2, -0.15) is 4.31 Å². The smallest absolute Gasteiger partial charge is 0.277 e. The van der Waals surface area contributed by atoms with Crippen LogP contribution in [0.5, 0.6) is 11.5 Å². The molecule has 0 saturated carbocycles. The number of carbonyl (C=O) groups excluding carboxylic acids is 1. The highest BCUT2D eigenvalue weighted by molar-refractivity contribution is 7.99. The summed E-state index contributed by atoms with van der Waals surface area (Å²) in [6, 6.07) is 11.4. The van der Waals surface area contributed by atoms with E-state index in [2.05, 4.69) is 10.2 Å². The molecular formula is C22H21N3O6S2. The SMILES string of the molecule is O=C(CSc1nnc(-c2ccc3c(c2)OCO3)o1)c1ccc(S(=O)(=O)N2CCCCC2)cc1. The summed E-state index contributed by atoms with van der Waals surface area (Å²) in [5.74, 6) is 1.51. The Hall–Kier alpha value is -2.89. The van der Waals surface area contributed by atoms with E-state index in [9.17, 15) is 13.2 Å². The lowest BCUT2D eigenvalue weighted by Gasteiger charge is -2.25. The Balaban J connectivity index is 1.21. The van der Waals surface area contributed by atoms with Crippen molar-refractivity contribution in [3.8, 4) is 23.0 Å². The van der Waals surface area contributed by atoms with Crippen molar-refractivity contribution in [2.75, 3.05) is 25.6 Å². The summed E-state index contributed by atoms with van der Waals surface area (Å²) in [7, 11) is -3.52. The van der Waals surface area contributed by atoms with Crippen molar-refractivity contribution in [3.63, 3.8) is 0 Å². The number of nitrogens with zero attached hydrogens (tertiary/aromatic N) is 3. The Morgan fingerprint density at radius 3 is 2.52 bits per heavy atom. The van der Waals surface area contributed by atoms with E-state index in [4.69, 9.17) is 13.9 Å². The van der Waals surface area contributed by atoms with E-state index in [-0.39, 0.29) is 28.4 Å². The molecule has 1 fully saturated rings. The van der Waals surface area contributed by atoms with E-state index >= 15 is 0 Å². The zero-order chi connectivity index (χ0) is 22.8. The molecule has 0 spiro atoms. The van der Waals surface area contributed by atoms with Crippen LogP contribution >= 0.6 is 11.8 Å². The Bertz CT molecular complexity index is 1270. The number of rotatable bonds is 7. The summed E-state index contributed by atoms with van der Waals surface area (Å²) in [6.07, 6.45) is 2.80. The standard InChI is InChI=1S/C22H21N3O6S2/c26-18(15-4-7-17(8-5-15)33(27,28)25-10-2-1-3-11-25)13-32-22-24-23-21(31-22)16-6-9-19-20(12-16)30-14-29-19/h4-9,12H,1-3,10-11,13-14H2. The zero-order valence-corrected chi connectivity index (χ0v) is 19.2. The van der Waals surface area contributed by atoms with E-state index in [0.717, 1.165) is 31.0 Å². The first-order chi connectivity index (χ1) is 16.0. The lowest BCUT2D eigenvalue weighted by atomic mass is 10.1. The monoisotopic (exact) mass is 487 g/mol. The van der Waals surface area contributed by atoms with Gasteiger partial charge < -0.3 is 13.9 Å². The molecule has 1 saturated heterocycles. The number of sulfonamides is 1. The number of carbonyl (C=O) groups is 1. The van der Waals surface area contributed by atoms with Crippen LogP contribution in [-0.4, -0.2) is 54.3 Å². The van der Waals surface area contributed by atoms with Gasteiger partial charge >= 0.3 is 0 Å². The summed E-state index contributed by atoms with van der Waals surface area (Å²) in [5, 5.41) is 8.28. The van der Waals surface area contributed by atoms with Crippen LogP contribution < -0.4 is 9.47 Å². The Labute approximate surface area is 195 Å². The molecule has 1 aromatic heterocycles. The maximum atomic E-state index is 12.8. The third-order valence-electron chi connectivity index (χ3n) is 5.48. The van der Waals surface area contributed by atoms with E-state index in [1.807, 2.05) is 0 Å². The number of benzene rings is 2. The molecule has 172 valence electrons. The predicted octanol–water partition coefficient (Wildman–Crippen LogP) is 3.61. The first-order valence-corrected chi connectivity index (χ1v) is 12.9. The number of thioether (sulfide) groups is 1. The van der Waals surface area contributed by atoms with Crippen LogP contribution in [0.3, 0.4) is 0 Å². The van der Waals surface area contributed by atoms with Gasteiger partial charge in [-0.15, -0.1) is 10.2 Å². The molecule has 2 aliphatic rings. The largest absolute Gasteiger partial charge is 0.454 e. The van der Waals surface area contributed by atoms with Gasteiger partial charge in [0.2, 0.25) is 22.7 Å². The van der Waals surface area contributed by atoms with Crippen molar-refractivity contribution < 1.29 is 27.1 Å². The minimum Gasteiger partial charge on any atom is -0.454 e. The van der Waals surface area contributed by atoms with Gasteiger partial charge in [0.1, 0.15) is 0 Å². The van der Waals surface area contributed by atoms with Gasteiger partial charge in [0.25, 0.3) is 5.22 Å². The molecule has 0 N–H and O–H groups in total. The van der Waals surface area contributed by atoms with Crippen LogP contribution in [0.25, 0.3) is 11.5 Å². The molecule has 0 radical (unpaired) electrons. The van der Waals surface area contributed by atoms with E-state index < -0.39 is 10.0 Å². The highest BCUT2D eigenvalue weighted by atomic mass is 32.2. The highest BCUT2D eigenvalue weighted by Crippen LogP contribution is 2.36. The van der Waals surface area contributed by atoms with Crippen molar-refractivity contribution in [2.24, 2.45) is 0 Å². The van der Waals surface area contributed by atoms with E-state index in [1.54, 1.807) is 30.3 Å². The third-order valence-corrected chi connectivity index (χ3v) is 8.21. The van der Waals surface area contributed by atoms with Crippen LogP contribution in [-0.2, 0) is 10.0 Å². The lowest BCUT2D eigenvalue weighted by molar-refractivity contribution is 0.102. The Morgan fingerprint density at radius 1 is 0.970 bits per heavy atom. The number of ketones is 1. The number of Topliss-reactive ketones (excluding diaryl/α,β-unsaturated/α-hetero) is 1. The molecule has 2 aliphatic heterocycles. The molecule has 9 nitrogen and oxygen atoms in total. The maximum absolute atomic E-state index is 12.8. The fraction of sp³-hybridized carbons (Fsp3) is 0.318. The van der Waals surface area contributed by atoms with Crippen LogP contribution in [0.1, 0.15) is 29.6 Å². The predicted molar refractivity (Wildman–Crippen MR) is 120 cm³/mol. The van der Waals surface area contributed by atoms with Gasteiger partial charge in [0.15, 0.2) is 17.3 Å². The molecule has 5 rings (SSSR count). The summed E-state index contributed by atoms with van der Waals surface area (Å²) in [4.78, 5) is 12.8. The molecule has 0 bridgehead atoms. The molecular weight excluding hydrogens is 466 g/mol. The fourth-order valence-electron chi connectivity index (χ4n) is 3.69. The number of piperidine rings is 1. The minimum absolute atomic E-state index is 0.0843. The van der Waals surface area contributed by atoms with Crippen LogP contribution in [0, 0.1) is 0 Å². The summed E-state index contributed by atoms with van der Waals surface area (Å²) in [5.41, 5.74) is 1.12. The number of hydrogen-bond acceptors (Lipinski definition) is 9. The van der Waals surface area contributed by atoms with Gasteiger partial charge in [0, 0.05) is 24.2 Å². The second kappa shape index (κ2) is 9.16. The van der Waals surface area contributed by atoms with Crippen LogP contribution in [0.2, 0.25) is 0 Å². The molecule has 0 unspecified atom stereocenters. The molecule has 0 aliphatic carbocycles. The molecule has 3 heterocycles. The average molecular weight is 488 g/mol. The lowest BCUT2D eigenvalue weighted by Crippen LogP contribution is -2.35. The van der Waals surface area contributed by atoms with Gasteiger partial charge in [-0.3, -0.25) is 4.79 Å². The molecule has 0 amide bonds. The average Bonchev–Trinajstić information content (AvgIpc) is 3.52. The molecule has 0 atom stereocenters. The van der Waals surface area contributed by atoms with Gasteiger partial charge in [0.05, 0.1) is 10.6 Å². The number of ether oxygens (including phenoxy) is 2. The maximum Gasteiger partial charge on any atom is 0.277 e. The third kappa shape index (κ3) is 4.61. The van der Waals surface area contributed by atoms with Crippen molar-refractivity contribution in [3.05, 3.63) is 48.0 Å². The topological polar surface area (TPSA) is 112 Å². The van der Waals surface area contributed by atoms with E-state index in [0.29, 0.717) is 41.6 Å². The summed E-state index contributed by atoms with van der Waals surface area (Å²) >= 11 is 1.12. The zero-order valence-electron chi connectivity index (χ0n) is 17.6. The number of hydrogen-bond donors (Lipinski definition) is 0. The molecule has 11 heteroatoms. The first-order valence-electron chi connectivity index (χ1n) is 10.5. The van der Waals surface area contributed by atoms with Crippen molar-refractivity contribution >= 4 is 27.6 Å². The second-order valence-corrected chi connectivity index (χ2v) is 10.5. The van der Waals surface area contributed by atoms with Crippen molar-refractivity contribution in [2.45, 2.75) is 29.4 Å². The van der Waals surface area contributed by atoms with E-state index in [1.165, 1.54) is 16.4 Å². The highest BCUT2D eigenvalue weighted by Gasteiger charge is 2.26. The number of fused-ring (bicyclic) bond motifs is 1. The Morgan fingerprint density at radius 2 is 1.73 bits per heavy atom. The van der Waals surface area contributed by atoms with Crippen molar-refractivity contribution in [1.29, 1.82) is 0 Å². The fourth-order valence-corrected chi connectivity index (χ4v) is 5.87. The first kappa shape index (κ1) is 21.9. The van der Waals surface area contributed by atoms with Crippen LogP contribution in [0.4, 0.5) is 0 Å². The molecule has 2 aromatic carbocycles. The normalized spacial score (nSPS) is 16.1. The van der Waals surface area contributed by atoms with Crippen molar-refractivity contribution in [1.82, 2.24) is 14.5 Å². The summed E-state index contributed by atoms with van der Waals surface area (Å²) < 4.78 is 43.3. The van der Waals surface area contributed by atoms with Crippen LogP contribution in [0.15, 0.2) is 57.0 Å². The minimum atomic E-state index is -3.52. The number of aromatic nitrogens is 2. The Kier molecular flexibility index (Phi) is 6.09.